The summed E-state index contributed by atoms with van der Waals surface area (Å²) in [7, 11) is 1.48. The molecule has 1 aromatic carbocycles. The first kappa shape index (κ1) is 14.0. The van der Waals surface area contributed by atoms with Gasteiger partial charge in [0.2, 0.25) is 0 Å². The quantitative estimate of drug-likeness (QED) is 0.779. The highest BCUT2D eigenvalue weighted by atomic mass is 19.4. The van der Waals surface area contributed by atoms with Gasteiger partial charge in [-0.25, -0.2) is 0 Å². The molecule has 0 aromatic heterocycles. The van der Waals surface area contributed by atoms with Gasteiger partial charge >= 0.3 is 6.18 Å². The van der Waals surface area contributed by atoms with Gasteiger partial charge in [0.15, 0.2) is 0 Å². The van der Waals surface area contributed by atoms with Crippen molar-refractivity contribution in [2.24, 2.45) is 0 Å². The van der Waals surface area contributed by atoms with Crippen molar-refractivity contribution < 1.29 is 13.2 Å². The van der Waals surface area contributed by atoms with Crippen LogP contribution >= 0.6 is 0 Å². The van der Waals surface area contributed by atoms with Gasteiger partial charge in [-0.15, -0.1) is 0 Å². The Morgan fingerprint density at radius 1 is 1.12 bits per heavy atom. The summed E-state index contributed by atoms with van der Waals surface area (Å²) in [6.45, 7) is 3.62. The van der Waals surface area contributed by atoms with Crippen molar-refractivity contribution in [1.82, 2.24) is 4.90 Å². The number of benzene rings is 1. The minimum Gasteiger partial charge on any atom is -0.294 e. The van der Waals surface area contributed by atoms with Crippen LogP contribution in [0.5, 0.6) is 0 Å². The Labute approximate surface area is 100 Å². The van der Waals surface area contributed by atoms with E-state index in [0.29, 0.717) is 12.5 Å². The van der Waals surface area contributed by atoms with E-state index in [0.717, 1.165) is 5.56 Å². The fourth-order valence-electron chi connectivity index (χ4n) is 1.68. The highest BCUT2D eigenvalue weighted by molar-refractivity contribution is 5.24. The molecule has 1 aromatic rings. The van der Waals surface area contributed by atoms with Gasteiger partial charge in [0.25, 0.3) is 0 Å². The van der Waals surface area contributed by atoms with Crippen molar-refractivity contribution >= 4 is 0 Å². The third kappa shape index (κ3) is 5.22. The molecule has 0 radical (unpaired) electrons. The summed E-state index contributed by atoms with van der Waals surface area (Å²) in [4.78, 5) is 1.27. The topological polar surface area (TPSA) is 3.24 Å². The first-order chi connectivity index (χ1) is 7.78. The van der Waals surface area contributed by atoms with Crippen LogP contribution in [0, 0.1) is 0 Å². The predicted molar refractivity (Wildman–Crippen MR) is 62.9 cm³/mol. The lowest BCUT2D eigenvalue weighted by molar-refractivity contribution is -0.144. The normalized spacial score (nSPS) is 12.5. The van der Waals surface area contributed by atoms with Crippen molar-refractivity contribution in [3.05, 3.63) is 35.4 Å². The first-order valence-electron chi connectivity index (χ1n) is 5.62. The first-order valence-corrected chi connectivity index (χ1v) is 5.62. The minimum atomic E-state index is -4.13. The fraction of sp³-hybridized carbons (Fsp3) is 0.538. The van der Waals surface area contributed by atoms with Crippen LogP contribution in [-0.4, -0.2) is 24.7 Å². The third-order valence-electron chi connectivity index (χ3n) is 2.55. The molecule has 4 heteroatoms. The van der Waals surface area contributed by atoms with Crippen LogP contribution in [0.3, 0.4) is 0 Å². The molecule has 0 saturated carbocycles. The SMILES string of the molecule is CC(C)c1ccc(CN(C)CC(F)(F)F)cc1. The smallest absolute Gasteiger partial charge is 0.294 e. The maximum absolute atomic E-state index is 12.1. The number of hydrogen-bond donors (Lipinski definition) is 0. The molecule has 0 atom stereocenters. The molecule has 17 heavy (non-hydrogen) atoms. The number of halogens is 3. The summed E-state index contributed by atoms with van der Waals surface area (Å²) < 4.78 is 36.4. The summed E-state index contributed by atoms with van der Waals surface area (Å²) in [6.07, 6.45) is -4.13. The molecule has 1 rings (SSSR count). The van der Waals surface area contributed by atoms with Crippen molar-refractivity contribution in [3.8, 4) is 0 Å². The molecule has 0 spiro atoms. The molecule has 0 aliphatic rings. The maximum atomic E-state index is 12.1. The van der Waals surface area contributed by atoms with Gasteiger partial charge in [0, 0.05) is 6.54 Å². The summed E-state index contributed by atoms with van der Waals surface area (Å²) in [6, 6.07) is 7.73. The molecule has 0 unspecified atom stereocenters. The predicted octanol–water partition coefficient (Wildman–Crippen LogP) is 3.80. The van der Waals surface area contributed by atoms with E-state index < -0.39 is 12.7 Å². The second kappa shape index (κ2) is 5.54. The standard InChI is InChI=1S/C13H18F3N/c1-10(2)12-6-4-11(5-7-12)8-17(3)9-13(14,15)16/h4-7,10H,8-9H2,1-3H3. The zero-order chi connectivity index (χ0) is 13.1. The Kier molecular flexibility index (Phi) is 4.57. The molecule has 1 nitrogen and oxygen atoms in total. The van der Waals surface area contributed by atoms with Gasteiger partial charge in [0.1, 0.15) is 0 Å². The molecule has 0 amide bonds. The van der Waals surface area contributed by atoms with Gasteiger partial charge in [-0.05, 0) is 24.1 Å². The average molecular weight is 245 g/mol. The average Bonchev–Trinajstić information content (AvgIpc) is 2.15. The molecule has 0 fully saturated rings. The summed E-state index contributed by atoms with van der Waals surface area (Å²) in [5.74, 6) is 0.442. The van der Waals surface area contributed by atoms with Crippen molar-refractivity contribution in [2.45, 2.75) is 32.5 Å². The Hall–Kier alpha value is -1.03. The Morgan fingerprint density at radius 2 is 1.65 bits per heavy atom. The molecule has 96 valence electrons. The summed E-state index contributed by atoms with van der Waals surface area (Å²) >= 11 is 0. The maximum Gasteiger partial charge on any atom is 0.401 e. The van der Waals surface area contributed by atoms with Gasteiger partial charge in [-0.2, -0.15) is 13.2 Å². The van der Waals surface area contributed by atoms with E-state index in [1.165, 1.54) is 17.5 Å². The van der Waals surface area contributed by atoms with E-state index in [-0.39, 0.29) is 0 Å². The third-order valence-corrected chi connectivity index (χ3v) is 2.55. The highest BCUT2D eigenvalue weighted by Crippen LogP contribution is 2.18. The van der Waals surface area contributed by atoms with E-state index in [9.17, 15) is 13.2 Å². The van der Waals surface area contributed by atoms with E-state index in [2.05, 4.69) is 13.8 Å². The Bertz CT molecular complexity index is 341. The van der Waals surface area contributed by atoms with Crippen molar-refractivity contribution in [3.63, 3.8) is 0 Å². The molecule has 0 aliphatic heterocycles. The van der Waals surface area contributed by atoms with Crippen molar-refractivity contribution in [1.29, 1.82) is 0 Å². The molecule has 0 heterocycles. The van der Waals surface area contributed by atoms with Crippen LogP contribution in [-0.2, 0) is 6.54 Å². The molecule has 0 N–H and O–H groups in total. The number of alkyl halides is 3. The molecular formula is C13H18F3N. The van der Waals surface area contributed by atoms with Crippen LogP contribution < -0.4 is 0 Å². The van der Waals surface area contributed by atoms with Gasteiger partial charge in [-0.3, -0.25) is 4.90 Å². The van der Waals surface area contributed by atoms with Gasteiger partial charge in [-0.1, -0.05) is 38.1 Å². The zero-order valence-corrected chi connectivity index (χ0v) is 10.4. The van der Waals surface area contributed by atoms with Crippen LogP contribution in [0.4, 0.5) is 13.2 Å². The Balaban J connectivity index is 2.57. The van der Waals surface area contributed by atoms with Crippen molar-refractivity contribution in [2.75, 3.05) is 13.6 Å². The molecule has 0 bridgehead atoms. The Morgan fingerprint density at radius 3 is 2.06 bits per heavy atom. The molecule has 0 aliphatic carbocycles. The van der Waals surface area contributed by atoms with Crippen LogP contribution in [0.2, 0.25) is 0 Å². The molecule has 0 saturated heterocycles. The van der Waals surface area contributed by atoms with Gasteiger partial charge in [0.05, 0.1) is 6.54 Å². The second-order valence-electron chi connectivity index (χ2n) is 4.68. The van der Waals surface area contributed by atoms with E-state index in [1.54, 1.807) is 0 Å². The highest BCUT2D eigenvalue weighted by Gasteiger charge is 2.28. The van der Waals surface area contributed by atoms with E-state index >= 15 is 0 Å². The minimum absolute atomic E-state index is 0.317. The lowest BCUT2D eigenvalue weighted by atomic mass is 10.0. The second-order valence-corrected chi connectivity index (χ2v) is 4.68. The lowest BCUT2D eigenvalue weighted by Gasteiger charge is -2.18. The van der Waals surface area contributed by atoms with Crippen LogP contribution in [0.15, 0.2) is 24.3 Å². The van der Waals surface area contributed by atoms with Crippen LogP contribution in [0.1, 0.15) is 30.9 Å². The number of hydrogen-bond acceptors (Lipinski definition) is 1. The van der Waals surface area contributed by atoms with E-state index in [1.807, 2.05) is 24.3 Å². The molecular weight excluding hydrogens is 227 g/mol. The van der Waals surface area contributed by atoms with Crippen LogP contribution in [0.25, 0.3) is 0 Å². The fourth-order valence-corrected chi connectivity index (χ4v) is 1.68. The zero-order valence-electron chi connectivity index (χ0n) is 10.4. The largest absolute Gasteiger partial charge is 0.401 e. The summed E-state index contributed by atoms with van der Waals surface area (Å²) in [5.41, 5.74) is 2.10. The van der Waals surface area contributed by atoms with E-state index in [4.69, 9.17) is 0 Å². The van der Waals surface area contributed by atoms with Gasteiger partial charge < -0.3 is 0 Å². The lowest BCUT2D eigenvalue weighted by Crippen LogP contribution is -2.30. The monoisotopic (exact) mass is 245 g/mol. The number of rotatable bonds is 4. The number of nitrogens with zero attached hydrogens (tertiary/aromatic N) is 1. The summed E-state index contributed by atoms with van der Waals surface area (Å²) in [5, 5.41) is 0.